The zero-order valence-electron chi connectivity index (χ0n) is 8.56. The average molecular weight is 222 g/mol. The molecule has 84 valence electrons. The van der Waals surface area contributed by atoms with Crippen LogP contribution in [0.15, 0.2) is 16.9 Å². The van der Waals surface area contributed by atoms with Gasteiger partial charge in [0.15, 0.2) is 5.69 Å². The molecule has 0 atom stereocenters. The van der Waals surface area contributed by atoms with Crippen molar-refractivity contribution in [3.05, 3.63) is 28.2 Å². The summed E-state index contributed by atoms with van der Waals surface area (Å²) in [5.74, 6) is -0.388. The quantitative estimate of drug-likeness (QED) is 0.684. The number of H-pyrrole nitrogens is 1. The van der Waals surface area contributed by atoms with Crippen molar-refractivity contribution < 1.29 is 9.53 Å². The minimum atomic E-state index is -0.550. The number of rotatable bonds is 2. The van der Waals surface area contributed by atoms with Crippen molar-refractivity contribution in [3.63, 3.8) is 0 Å². The van der Waals surface area contributed by atoms with Gasteiger partial charge in [-0.05, 0) is 6.92 Å². The zero-order chi connectivity index (χ0) is 11.7. The smallest absolute Gasteiger partial charge is 0.358 e. The maximum Gasteiger partial charge on any atom is 0.358 e. The van der Waals surface area contributed by atoms with E-state index >= 15 is 0 Å². The summed E-state index contributed by atoms with van der Waals surface area (Å²) in [5, 5.41) is 3.92. The van der Waals surface area contributed by atoms with Gasteiger partial charge in [0.2, 0.25) is 0 Å². The van der Waals surface area contributed by atoms with Crippen LogP contribution in [0.1, 0.15) is 17.4 Å². The molecular weight excluding hydrogens is 212 g/mol. The van der Waals surface area contributed by atoms with Crippen LogP contribution in [0.25, 0.3) is 5.65 Å². The van der Waals surface area contributed by atoms with Gasteiger partial charge < -0.3 is 15.5 Å². The van der Waals surface area contributed by atoms with Crippen molar-refractivity contribution in [1.29, 1.82) is 0 Å². The van der Waals surface area contributed by atoms with Gasteiger partial charge in [-0.15, -0.1) is 0 Å². The normalized spacial score (nSPS) is 10.6. The van der Waals surface area contributed by atoms with Gasteiger partial charge >= 0.3 is 5.97 Å². The number of nitrogens with one attached hydrogen (secondary N) is 1. The van der Waals surface area contributed by atoms with Crippen molar-refractivity contribution in [2.24, 2.45) is 0 Å². The highest BCUT2D eigenvalue weighted by molar-refractivity contribution is 5.88. The Kier molecular flexibility index (Phi) is 2.35. The number of esters is 1. The van der Waals surface area contributed by atoms with Crippen molar-refractivity contribution in [1.82, 2.24) is 14.6 Å². The number of aromatic amines is 1. The van der Waals surface area contributed by atoms with Gasteiger partial charge in [-0.25, -0.2) is 9.31 Å². The molecule has 2 heterocycles. The Morgan fingerprint density at radius 2 is 2.38 bits per heavy atom. The lowest BCUT2D eigenvalue weighted by molar-refractivity contribution is 0.0519. The molecule has 7 heteroatoms. The Bertz CT molecular complexity index is 598. The van der Waals surface area contributed by atoms with Crippen molar-refractivity contribution in [2.75, 3.05) is 12.3 Å². The number of hydrogen-bond acceptors (Lipinski definition) is 5. The van der Waals surface area contributed by atoms with E-state index in [0.29, 0.717) is 5.65 Å². The second-order valence-corrected chi connectivity index (χ2v) is 3.11. The van der Waals surface area contributed by atoms with Crippen LogP contribution in [-0.4, -0.2) is 27.2 Å². The molecule has 0 aromatic carbocycles. The summed E-state index contributed by atoms with van der Waals surface area (Å²) in [6, 6.07) is 2.60. The molecule has 0 bridgehead atoms. The van der Waals surface area contributed by atoms with Gasteiger partial charge in [-0.1, -0.05) is 0 Å². The summed E-state index contributed by atoms with van der Waals surface area (Å²) in [5.41, 5.74) is 5.69. The lowest BCUT2D eigenvalue weighted by atomic mass is 10.4. The highest BCUT2D eigenvalue weighted by Gasteiger charge is 2.13. The average Bonchev–Trinajstić information content (AvgIpc) is 2.62. The summed E-state index contributed by atoms with van der Waals surface area (Å²) < 4.78 is 6.05. The number of hydrogen-bond donors (Lipinski definition) is 2. The molecule has 2 aromatic heterocycles. The van der Waals surface area contributed by atoms with Crippen LogP contribution in [0.5, 0.6) is 0 Å². The first-order chi connectivity index (χ1) is 7.61. The van der Waals surface area contributed by atoms with Crippen LogP contribution >= 0.6 is 0 Å². The molecule has 0 aliphatic heterocycles. The molecule has 0 radical (unpaired) electrons. The van der Waals surface area contributed by atoms with Gasteiger partial charge in [0.05, 0.1) is 6.61 Å². The maximum absolute atomic E-state index is 11.4. The topological polar surface area (TPSA) is 102 Å². The van der Waals surface area contributed by atoms with E-state index in [4.69, 9.17) is 10.5 Å². The van der Waals surface area contributed by atoms with Gasteiger partial charge in [-0.2, -0.15) is 5.10 Å². The Hall–Kier alpha value is -2.31. The Labute approximate surface area is 89.8 Å². The highest BCUT2D eigenvalue weighted by Crippen LogP contribution is 2.07. The predicted molar refractivity (Wildman–Crippen MR) is 56.2 cm³/mol. The summed E-state index contributed by atoms with van der Waals surface area (Å²) in [4.78, 5) is 25.0. The molecule has 0 aliphatic carbocycles. The lowest BCUT2D eigenvalue weighted by Crippen LogP contribution is -2.11. The zero-order valence-corrected chi connectivity index (χ0v) is 8.56. The molecule has 2 aromatic rings. The number of ether oxygens (including phenoxy) is 1. The molecule has 0 unspecified atom stereocenters. The Balaban J connectivity index is 2.56. The molecule has 2 rings (SSSR count). The molecule has 0 saturated heterocycles. The largest absolute Gasteiger partial charge is 0.461 e. The third-order valence-electron chi connectivity index (χ3n) is 1.97. The lowest BCUT2D eigenvalue weighted by Gasteiger charge is -1.96. The summed E-state index contributed by atoms with van der Waals surface area (Å²) in [6.07, 6.45) is 0. The third-order valence-corrected chi connectivity index (χ3v) is 1.97. The molecule has 0 spiro atoms. The SMILES string of the molecule is CCOC(=O)c1cc2[nH]c(=O)cc(N)n2n1. The first-order valence-corrected chi connectivity index (χ1v) is 4.67. The van der Waals surface area contributed by atoms with Crippen LogP contribution in [0.2, 0.25) is 0 Å². The number of aromatic nitrogens is 3. The molecular formula is C9H10N4O3. The number of carbonyl (C=O) groups excluding carboxylic acids is 1. The van der Waals surface area contributed by atoms with Gasteiger partial charge in [0.25, 0.3) is 5.56 Å². The van der Waals surface area contributed by atoms with Crippen LogP contribution in [0.3, 0.4) is 0 Å². The second-order valence-electron chi connectivity index (χ2n) is 3.11. The van der Waals surface area contributed by atoms with Crippen molar-refractivity contribution in [2.45, 2.75) is 6.92 Å². The number of nitrogens with two attached hydrogens (primary N) is 1. The number of fused-ring (bicyclic) bond motifs is 1. The van der Waals surface area contributed by atoms with E-state index in [1.54, 1.807) is 6.92 Å². The van der Waals surface area contributed by atoms with E-state index in [2.05, 4.69) is 10.1 Å². The van der Waals surface area contributed by atoms with Gasteiger partial charge in [-0.3, -0.25) is 4.79 Å². The molecule has 0 fully saturated rings. The van der Waals surface area contributed by atoms with E-state index < -0.39 is 5.97 Å². The summed E-state index contributed by atoms with van der Waals surface area (Å²) in [7, 11) is 0. The minimum Gasteiger partial charge on any atom is -0.461 e. The van der Waals surface area contributed by atoms with Crippen LogP contribution < -0.4 is 11.3 Å². The Morgan fingerprint density at radius 3 is 3.06 bits per heavy atom. The van der Waals surface area contributed by atoms with E-state index in [9.17, 15) is 9.59 Å². The number of nitrogens with zero attached hydrogens (tertiary/aromatic N) is 2. The first kappa shape index (κ1) is 10.2. The monoisotopic (exact) mass is 222 g/mol. The van der Waals surface area contributed by atoms with Crippen LogP contribution in [0.4, 0.5) is 5.82 Å². The predicted octanol–water partition coefficient (Wildman–Crippen LogP) is -0.219. The fraction of sp³-hybridized carbons (Fsp3) is 0.222. The molecule has 0 amide bonds. The maximum atomic E-state index is 11.4. The summed E-state index contributed by atoms with van der Waals surface area (Å²) >= 11 is 0. The first-order valence-electron chi connectivity index (χ1n) is 4.67. The molecule has 7 nitrogen and oxygen atoms in total. The second kappa shape index (κ2) is 3.69. The number of nitrogen functional groups attached to an aromatic ring is 1. The van der Waals surface area contributed by atoms with Crippen LogP contribution in [0, 0.1) is 0 Å². The number of anilines is 1. The number of carbonyl (C=O) groups is 1. The standard InChI is InChI=1S/C9H10N4O3/c1-2-16-9(15)5-3-7-11-8(14)4-6(10)13(7)12-5/h3-4H,2,10H2,1H3,(H,11,14). The molecule has 16 heavy (non-hydrogen) atoms. The van der Waals surface area contributed by atoms with Crippen molar-refractivity contribution in [3.8, 4) is 0 Å². The fourth-order valence-electron chi connectivity index (χ4n) is 1.33. The third kappa shape index (κ3) is 1.62. The summed E-state index contributed by atoms with van der Waals surface area (Å²) in [6.45, 7) is 1.96. The highest BCUT2D eigenvalue weighted by atomic mass is 16.5. The molecule has 0 saturated carbocycles. The van der Waals surface area contributed by atoms with Crippen LogP contribution in [-0.2, 0) is 4.74 Å². The van der Waals surface area contributed by atoms with E-state index in [0.717, 1.165) is 0 Å². The van der Waals surface area contributed by atoms with E-state index in [1.807, 2.05) is 0 Å². The van der Waals surface area contributed by atoms with Gasteiger partial charge in [0, 0.05) is 12.1 Å². The molecule has 0 aliphatic rings. The fourth-order valence-corrected chi connectivity index (χ4v) is 1.33. The van der Waals surface area contributed by atoms with E-state index in [1.165, 1.54) is 16.6 Å². The van der Waals surface area contributed by atoms with E-state index in [-0.39, 0.29) is 23.7 Å². The Morgan fingerprint density at radius 1 is 1.62 bits per heavy atom. The van der Waals surface area contributed by atoms with Gasteiger partial charge in [0.1, 0.15) is 11.5 Å². The van der Waals surface area contributed by atoms with Crippen molar-refractivity contribution >= 4 is 17.4 Å². The minimum absolute atomic E-state index is 0.107. The molecule has 3 N–H and O–H groups in total.